The Labute approximate surface area is 104 Å². The quantitative estimate of drug-likeness (QED) is 0.821. The minimum Gasteiger partial charge on any atom is -0.321 e. The summed E-state index contributed by atoms with van der Waals surface area (Å²) in [5.41, 5.74) is 1.68. The monoisotopic (exact) mass is 266 g/mol. The predicted octanol–water partition coefficient (Wildman–Crippen LogP) is 2.60. The van der Waals surface area contributed by atoms with Gasteiger partial charge in [0.15, 0.2) is 0 Å². The van der Waals surface area contributed by atoms with Crippen LogP contribution in [0.5, 0.6) is 0 Å². The van der Waals surface area contributed by atoms with Crippen LogP contribution in [0.15, 0.2) is 42.5 Å². The van der Waals surface area contributed by atoms with Crippen molar-refractivity contribution < 1.29 is 18.7 Å². The van der Waals surface area contributed by atoms with Gasteiger partial charge in [-0.3, -0.25) is 4.57 Å². The fraction of sp³-hybridized carbons (Fsp3) is 0.0769. The van der Waals surface area contributed by atoms with Gasteiger partial charge in [0.25, 0.3) is 0 Å². The standard InChI is InChI=1S/C13H12FO3P/c1-9-5-2-3-6-10(9)11-7-4-8-12(13(11)14)18(15,16)17/h2-8H,1H3,(H2,15,16,17). The van der Waals surface area contributed by atoms with Crippen LogP contribution in [0.1, 0.15) is 5.56 Å². The van der Waals surface area contributed by atoms with Crippen molar-refractivity contribution in [3.8, 4) is 11.1 Å². The third kappa shape index (κ3) is 2.36. The summed E-state index contributed by atoms with van der Waals surface area (Å²) in [6, 6.07) is 11.2. The van der Waals surface area contributed by atoms with Gasteiger partial charge in [-0.1, -0.05) is 36.4 Å². The highest BCUT2D eigenvalue weighted by atomic mass is 31.2. The molecule has 0 aliphatic carbocycles. The lowest BCUT2D eigenvalue weighted by Crippen LogP contribution is -2.10. The number of hydrogen-bond acceptors (Lipinski definition) is 1. The second-order valence-corrected chi connectivity index (χ2v) is 5.57. The number of benzene rings is 2. The van der Waals surface area contributed by atoms with Crippen molar-refractivity contribution in [2.75, 3.05) is 0 Å². The summed E-state index contributed by atoms with van der Waals surface area (Å²) in [5, 5.41) is -0.566. The van der Waals surface area contributed by atoms with Crippen LogP contribution in [-0.4, -0.2) is 9.79 Å². The second-order valence-electron chi connectivity index (χ2n) is 4.00. The lowest BCUT2D eigenvalue weighted by Gasteiger charge is -2.11. The van der Waals surface area contributed by atoms with Gasteiger partial charge in [0, 0.05) is 5.56 Å². The molecule has 3 nitrogen and oxygen atoms in total. The van der Waals surface area contributed by atoms with Crippen LogP contribution in [0.4, 0.5) is 4.39 Å². The molecule has 0 spiro atoms. The highest BCUT2D eigenvalue weighted by Gasteiger charge is 2.24. The maximum Gasteiger partial charge on any atom is 0.359 e. The molecule has 0 unspecified atom stereocenters. The average molecular weight is 266 g/mol. The van der Waals surface area contributed by atoms with Crippen LogP contribution in [0.25, 0.3) is 11.1 Å². The lowest BCUT2D eigenvalue weighted by molar-refractivity contribution is 0.385. The first-order valence-corrected chi connectivity index (χ1v) is 6.93. The Bertz CT molecular complexity index is 634. The molecule has 2 rings (SSSR count). The first kappa shape index (κ1) is 13.0. The van der Waals surface area contributed by atoms with Gasteiger partial charge in [-0.2, -0.15) is 0 Å². The van der Waals surface area contributed by atoms with Crippen LogP contribution in [0.2, 0.25) is 0 Å². The molecule has 0 fully saturated rings. The van der Waals surface area contributed by atoms with Crippen molar-refractivity contribution in [2.45, 2.75) is 6.92 Å². The van der Waals surface area contributed by atoms with Crippen LogP contribution in [0.3, 0.4) is 0 Å². The molecule has 5 heteroatoms. The Morgan fingerprint density at radius 2 is 1.61 bits per heavy atom. The van der Waals surface area contributed by atoms with Crippen molar-refractivity contribution in [3.63, 3.8) is 0 Å². The highest BCUT2D eigenvalue weighted by Crippen LogP contribution is 2.37. The van der Waals surface area contributed by atoms with Crippen molar-refractivity contribution in [1.82, 2.24) is 0 Å². The van der Waals surface area contributed by atoms with E-state index in [0.29, 0.717) is 5.56 Å². The summed E-state index contributed by atoms with van der Waals surface area (Å²) in [7, 11) is -4.59. The molecule has 0 amide bonds. The van der Waals surface area contributed by atoms with Crippen LogP contribution >= 0.6 is 7.60 Å². The topological polar surface area (TPSA) is 57.5 Å². The van der Waals surface area contributed by atoms with E-state index in [1.165, 1.54) is 12.1 Å². The van der Waals surface area contributed by atoms with E-state index < -0.39 is 18.7 Å². The third-order valence-electron chi connectivity index (χ3n) is 2.73. The van der Waals surface area contributed by atoms with E-state index in [1.807, 2.05) is 19.1 Å². The molecule has 2 N–H and O–H groups in total. The highest BCUT2D eigenvalue weighted by molar-refractivity contribution is 7.60. The number of hydrogen-bond donors (Lipinski definition) is 2. The zero-order valence-corrected chi connectivity index (χ0v) is 10.6. The molecule has 0 heterocycles. The fourth-order valence-corrected chi connectivity index (χ4v) is 2.48. The summed E-state index contributed by atoms with van der Waals surface area (Å²) in [5.74, 6) is -0.861. The molecule has 0 radical (unpaired) electrons. The molecule has 0 aliphatic rings. The minimum absolute atomic E-state index is 0.203. The van der Waals surface area contributed by atoms with Crippen molar-refractivity contribution in [2.24, 2.45) is 0 Å². The summed E-state index contributed by atoms with van der Waals surface area (Å²) >= 11 is 0. The molecule has 0 aliphatic heterocycles. The van der Waals surface area contributed by atoms with Gasteiger partial charge in [-0.15, -0.1) is 0 Å². The van der Waals surface area contributed by atoms with Crippen molar-refractivity contribution in [1.29, 1.82) is 0 Å². The number of halogens is 1. The summed E-state index contributed by atoms with van der Waals surface area (Å²) in [6.07, 6.45) is 0. The molecule has 0 atom stereocenters. The van der Waals surface area contributed by atoms with Gasteiger partial charge in [0.1, 0.15) is 11.1 Å². The van der Waals surface area contributed by atoms with Gasteiger partial charge in [-0.25, -0.2) is 4.39 Å². The van der Waals surface area contributed by atoms with Crippen LogP contribution < -0.4 is 5.30 Å². The normalized spacial score (nSPS) is 11.6. The second kappa shape index (κ2) is 4.65. The van der Waals surface area contributed by atoms with Crippen molar-refractivity contribution in [3.05, 3.63) is 53.8 Å². The summed E-state index contributed by atoms with van der Waals surface area (Å²) < 4.78 is 25.3. The lowest BCUT2D eigenvalue weighted by atomic mass is 10.0. The zero-order chi connectivity index (χ0) is 13.3. The van der Waals surface area contributed by atoms with Gasteiger partial charge in [0.2, 0.25) is 0 Å². The Balaban J connectivity index is 2.68. The molecule has 18 heavy (non-hydrogen) atoms. The van der Waals surface area contributed by atoms with Crippen LogP contribution in [0, 0.1) is 12.7 Å². The molecular formula is C13H12FO3P. The molecule has 2 aromatic rings. The van der Waals surface area contributed by atoms with E-state index in [-0.39, 0.29) is 5.56 Å². The van der Waals surface area contributed by atoms with Gasteiger partial charge in [-0.05, 0) is 24.1 Å². The molecule has 94 valence electrons. The van der Waals surface area contributed by atoms with E-state index in [4.69, 9.17) is 9.79 Å². The molecular weight excluding hydrogens is 254 g/mol. The van der Waals surface area contributed by atoms with E-state index in [2.05, 4.69) is 0 Å². The van der Waals surface area contributed by atoms with E-state index in [0.717, 1.165) is 11.6 Å². The largest absolute Gasteiger partial charge is 0.359 e. The SMILES string of the molecule is Cc1ccccc1-c1cccc(P(=O)(O)O)c1F. The molecule has 2 aromatic carbocycles. The van der Waals surface area contributed by atoms with Crippen LogP contribution in [-0.2, 0) is 4.57 Å². The number of aryl methyl sites for hydroxylation is 1. The molecule has 0 aromatic heterocycles. The summed E-state index contributed by atoms with van der Waals surface area (Å²) in [6.45, 7) is 1.82. The van der Waals surface area contributed by atoms with E-state index >= 15 is 0 Å². The molecule has 0 saturated heterocycles. The van der Waals surface area contributed by atoms with Gasteiger partial charge < -0.3 is 9.79 Å². The first-order valence-electron chi connectivity index (χ1n) is 5.32. The maximum absolute atomic E-state index is 14.1. The average Bonchev–Trinajstić information content (AvgIpc) is 2.29. The zero-order valence-electron chi connectivity index (χ0n) is 9.67. The Morgan fingerprint density at radius 3 is 2.22 bits per heavy atom. The molecule has 0 bridgehead atoms. The Kier molecular flexibility index (Phi) is 3.35. The van der Waals surface area contributed by atoms with E-state index in [9.17, 15) is 8.96 Å². The molecule has 0 saturated carbocycles. The Hall–Kier alpha value is -1.48. The smallest absolute Gasteiger partial charge is 0.321 e. The predicted molar refractivity (Wildman–Crippen MR) is 68.3 cm³/mol. The van der Waals surface area contributed by atoms with Gasteiger partial charge >= 0.3 is 7.60 Å². The maximum atomic E-state index is 14.1. The fourth-order valence-electron chi connectivity index (χ4n) is 1.83. The minimum atomic E-state index is -4.59. The first-order chi connectivity index (χ1) is 8.41. The van der Waals surface area contributed by atoms with E-state index in [1.54, 1.807) is 12.1 Å². The van der Waals surface area contributed by atoms with Gasteiger partial charge in [0.05, 0.1) is 0 Å². The Morgan fingerprint density at radius 1 is 1.00 bits per heavy atom. The van der Waals surface area contributed by atoms with Crippen molar-refractivity contribution >= 4 is 12.9 Å². The number of rotatable bonds is 2. The third-order valence-corrected chi connectivity index (χ3v) is 3.70. The summed E-state index contributed by atoms with van der Waals surface area (Å²) in [4.78, 5) is 18.2.